The third-order valence-corrected chi connectivity index (χ3v) is 2.71. The van der Waals surface area contributed by atoms with E-state index >= 15 is 0 Å². The molecule has 0 unspecified atom stereocenters. The maximum Gasteiger partial charge on any atom is 0.357 e. The first kappa shape index (κ1) is 11.6. The Morgan fingerprint density at radius 1 is 1.47 bits per heavy atom. The van der Waals surface area contributed by atoms with Crippen molar-refractivity contribution in [3.05, 3.63) is 29.3 Å². The van der Waals surface area contributed by atoms with Crippen LogP contribution in [0.2, 0.25) is 0 Å². The molecule has 0 N–H and O–H groups in total. The van der Waals surface area contributed by atoms with Gasteiger partial charge in [0, 0.05) is 17.7 Å². The Kier molecular flexibility index (Phi) is 3.42. The summed E-state index contributed by atoms with van der Waals surface area (Å²) >= 11 is 0. The summed E-state index contributed by atoms with van der Waals surface area (Å²) < 4.78 is 10.3. The fraction of sp³-hybridized carbons (Fsp3) is 0.385. The Bertz CT molecular complexity index is 466. The molecule has 0 spiro atoms. The average molecular weight is 233 g/mol. The molecule has 0 amide bonds. The van der Waals surface area contributed by atoms with Gasteiger partial charge in [-0.1, -0.05) is 12.1 Å². The van der Waals surface area contributed by atoms with Crippen molar-refractivity contribution in [3.63, 3.8) is 0 Å². The van der Waals surface area contributed by atoms with Gasteiger partial charge in [-0.05, 0) is 19.4 Å². The number of aliphatic imine (C=N–C) groups is 1. The molecule has 4 nitrogen and oxygen atoms in total. The second-order valence-corrected chi connectivity index (χ2v) is 3.69. The molecule has 17 heavy (non-hydrogen) atoms. The molecule has 90 valence electrons. The van der Waals surface area contributed by atoms with Gasteiger partial charge in [0.25, 0.3) is 0 Å². The first-order valence-electron chi connectivity index (χ1n) is 5.65. The van der Waals surface area contributed by atoms with Crippen molar-refractivity contribution in [1.82, 2.24) is 0 Å². The van der Waals surface area contributed by atoms with E-state index in [1.54, 1.807) is 14.0 Å². The molecule has 0 aliphatic carbocycles. The number of ether oxygens (including phenoxy) is 2. The number of rotatable bonds is 3. The van der Waals surface area contributed by atoms with Crippen LogP contribution in [0.1, 0.15) is 18.1 Å². The lowest BCUT2D eigenvalue weighted by Crippen LogP contribution is -2.24. The van der Waals surface area contributed by atoms with E-state index in [0.29, 0.717) is 18.9 Å². The zero-order valence-electron chi connectivity index (χ0n) is 10.0. The van der Waals surface area contributed by atoms with Crippen LogP contribution in [0.15, 0.2) is 23.2 Å². The van der Waals surface area contributed by atoms with Crippen LogP contribution in [0.3, 0.4) is 0 Å². The van der Waals surface area contributed by atoms with Gasteiger partial charge in [-0.15, -0.1) is 0 Å². The fourth-order valence-corrected chi connectivity index (χ4v) is 1.98. The number of carbonyl (C=O) groups excluding carboxylic acids is 1. The molecule has 0 fully saturated rings. The number of hydrogen-bond donors (Lipinski definition) is 0. The Hall–Kier alpha value is -1.84. The highest BCUT2D eigenvalue weighted by atomic mass is 16.5. The summed E-state index contributed by atoms with van der Waals surface area (Å²) in [7, 11) is 1.63. The third kappa shape index (κ3) is 2.16. The van der Waals surface area contributed by atoms with E-state index in [0.717, 1.165) is 23.3 Å². The first-order valence-corrected chi connectivity index (χ1v) is 5.65. The Morgan fingerprint density at radius 3 is 3.00 bits per heavy atom. The van der Waals surface area contributed by atoms with E-state index in [1.165, 1.54) is 0 Å². The summed E-state index contributed by atoms with van der Waals surface area (Å²) in [6.07, 6.45) is 0.794. The van der Waals surface area contributed by atoms with Crippen LogP contribution in [0.4, 0.5) is 0 Å². The van der Waals surface area contributed by atoms with Crippen LogP contribution >= 0.6 is 0 Å². The number of carbonyl (C=O) groups is 1. The zero-order valence-corrected chi connectivity index (χ0v) is 10.0. The molecule has 1 aliphatic rings. The number of hydrogen-bond acceptors (Lipinski definition) is 4. The lowest BCUT2D eigenvalue weighted by Gasteiger charge is -2.18. The van der Waals surface area contributed by atoms with Crippen molar-refractivity contribution in [1.29, 1.82) is 0 Å². The quantitative estimate of drug-likeness (QED) is 0.745. The van der Waals surface area contributed by atoms with E-state index < -0.39 is 0 Å². The summed E-state index contributed by atoms with van der Waals surface area (Å²) in [6, 6.07) is 5.64. The average Bonchev–Trinajstić information content (AvgIpc) is 2.37. The number of esters is 1. The van der Waals surface area contributed by atoms with Crippen molar-refractivity contribution >= 4 is 11.7 Å². The summed E-state index contributed by atoms with van der Waals surface area (Å²) in [5, 5.41) is 0. The normalized spacial score (nSPS) is 13.6. The zero-order chi connectivity index (χ0) is 12.3. The minimum absolute atomic E-state index is 0.358. The van der Waals surface area contributed by atoms with Gasteiger partial charge >= 0.3 is 5.97 Å². The maximum atomic E-state index is 11.8. The Balaban J connectivity index is 2.41. The Morgan fingerprint density at radius 2 is 2.29 bits per heavy atom. The fourth-order valence-electron chi connectivity index (χ4n) is 1.98. The summed E-state index contributed by atoms with van der Waals surface area (Å²) in [6.45, 7) is 2.74. The molecule has 1 aromatic rings. The first-order chi connectivity index (χ1) is 8.27. The smallest absolute Gasteiger partial charge is 0.357 e. The Labute approximate surface area is 100 Å². The van der Waals surface area contributed by atoms with Crippen molar-refractivity contribution in [3.8, 4) is 5.75 Å². The highest BCUT2D eigenvalue weighted by molar-refractivity contribution is 6.44. The van der Waals surface area contributed by atoms with Gasteiger partial charge in [-0.25, -0.2) is 4.79 Å². The van der Waals surface area contributed by atoms with Crippen LogP contribution in [0.25, 0.3) is 0 Å². The molecule has 4 heteroatoms. The number of fused-ring (bicyclic) bond motifs is 1. The van der Waals surface area contributed by atoms with Crippen LogP contribution in [-0.2, 0) is 16.0 Å². The van der Waals surface area contributed by atoms with Crippen LogP contribution in [-0.4, -0.2) is 31.9 Å². The van der Waals surface area contributed by atoms with Gasteiger partial charge in [0.2, 0.25) is 0 Å². The van der Waals surface area contributed by atoms with Gasteiger partial charge in [-0.2, -0.15) is 0 Å². The highest BCUT2D eigenvalue weighted by Crippen LogP contribution is 2.26. The van der Waals surface area contributed by atoms with Gasteiger partial charge in [0.05, 0.1) is 13.7 Å². The van der Waals surface area contributed by atoms with Crippen molar-refractivity contribution in [2.24, 2.45) is 4.99 Å². The van der Waals surface area contributed by atoms with Crippen molar-refractivity contribution in [2.75, 3.05) is 20.3 Å². The SMILES string of the molecule is CCOC(=O)C1=NCCc2c(OC)cccc21. The lowest BCUT2D eigenvalue weighted by atomic mass is 9.96. The maximum absolute atomic E-state index is 11.8. The molecule has 1 aromatic carbocycles. The molecule has 1 aliphatic heterocycles. The predicted octanol–water partition coefficient (Wildman–Crippen LogP) is 1.60. The molecule has 0 bridgehead atoms. The second-order valence-electron chi connectivity index (χ2n) is 3.69. The summed E-state index contributed by atoms with van der Waals surface area (Å²) in [5.41, 5.74) is 2.27. The van der Waals surface area contributed by atoms with Crippen LogP contribution in [0.5, 0.6) is 5.75 Å². The summed E-state index contributed by atoms with van der Waals surface area (Å²) in [5.74, 6) is 0.445. The number of methoxy groups -OCH3 is 1. The molecule has 0 saturated heterocycles. The molecular weight excluding hydrogens is 218 g/mol. The molecule has 0 atom stereocenters. The van der Waals surface area contributed by atoms with E-state index in [1.807, 2.05) is 18.2 Å². The molecule has 0 radical (unpaired) electrons. The van der Waals surface area contributed by atoms with Gasteiger partial charge in [0.15, 0.2) is 5.71 Å². The minimum atomic E-state index is -0.360. The summed E-state index contributed by atoms with van der Waals surface area (Å²) in [4.78, 5) is 16.0. The van der Waals surface area contributed by atoms with Crippen molar-refractivity contribution < 1.29 is 14.3 Å². The van der Waals surface area contributed by atoms with Gasteiger partial charge < -0.3 is 9.47 Å². The van der Waals surface area contributed by atoms with Crippen LogP contribution in [0, 0.1) is 0 Å². The molecule has 2 rings (SSSR count). The largest absolute Gasteiger partial charge is 0.496 e. The standard InChI is InChI=1S/C13H15NO3/c1-3-17-13(15)12-10-5-4-6-11(16-2)9(10)7-8-14-12/h4-6H,3,7-8H2,1-2H3. The van der Waals surface area contributed by atoms with Gasteiger partial charge in [-0.3, -0.25) is 4.99 Å². The topological polar surface area (TPSA) is 47.9 Å². The number of benzene rings is 1. The molecule has 0 aromatic heterocycles. The highest BCUT2D eigenvalue weighted by Gasteiger charge is 2.23. The predicted molar refractivity (Wildman–Crippen MR) is 64.7 cm³/mol. The number of nitrogens with zero attached hydrogens (tertiary/aromatic N) is 1. The molecular formula is C13H15NO3. The van der Waals surface area contributed by atoms with Crippen molar-refractivity contribution in [2.45, 2.75) is 13.3 Å². The van der Waals surface area contributed by atoms with E-state index in [-0.39, 0.29) is 5.97 Å². The monoisotopic (exact) mass is 233 g/mol. The van der Waals surface area contributed by atoms with E-state index in [9.17, 15) is 4.79 Å². The minimum Gasteiger partial charge on any atom is -0.496 e. The second kappa shape index (κ2) is 4.99. The van der Waals surface area contributed by atoms with Crippen LogP contribution < -0.4 is 4.74 Å². The van der Waals surface area contributed by atoms with E-state index in [4.69, 9.17) is 9.47 Å². The van der Waals surface area contributed by atoms with E-state index in [2.05, 4.69) is 4.99 Å². The molecule has 1 heterocycles. The van der Waals surface area contributed by atoms with Gasteiger partial charge in [0.1, 0.15) is 5.75 Å². The lowest BCUT2D eigenvalue weighted by molar-refractivity contribution is -0.134. The molecule has 0 saturated carbocycles. The third-order valence-electron chi connectivity index (χ3n) is 2.71.